The van der Waals surface area contributed by atoms with Crippen LogP contribution in [0.15, 0.2) is 0 Å². The second-order valence-corrected chi connectivity index (χ2v) is 4.91. The number of hydrogen-bond acceptors (Lipinski definition) is 3. The van der Waals surface area contributed by atoms with Gasteiger partial charge in [0.15, 0.2) is 0 Å². The first-order chi connectivity index (χ1) is 6.19. The average Bonchev–Trinajstić information content (AvgIpc) is 2.02. The van der Waals surface area contributed by atoms with Gasteiger partial charge in [-0.1, -0.05) is 0 Å². The van der Waals surface area contributed by atoms with Crippen molar-refractivity contribution in [3.63, 3.8) is 0 Å². The van der Waals surface area contributed by atoms with Crippen molar-refractivity contribution in [1.82, 2.24) is 5.32 Å². The van der Waals surface area contributed by atoms with Gasteiger partial charge < -0.3 is 16.2 Å². The molecule has 0 fully saturated rings. The van der Waals surface area contributed by atoms with Gasteiger partial charge in [0.25, 0.3) is 0 Å². The van der Waals surface area contributed by atoms with Crippen LogP contribution in [-0.2, 0) is 4.79 Å². The summed E-state index contributed by atoms with van der Waals surface area (Å²) >= 11 is 0. The molecule has 14 heavy (non-hydrogen) atoms. The van der Waals surface area contributed by atoms with Crippen molar-refractivity contribution in [1.29, 1.82) is 0 Å². The zero-order chi connectivity index (χ0) is 11.4. The molecule has 0 bridgehead atoms. The number of amides is 1. The van der Waals surface area contributed by atoms with Gasteiger partial charge in [0.2, 0.25) is 5.91 Å². The van der Waals surface area contributed by atoms with E-state index in [1.807, 2.05) is 0 Å². The first-order valence-corrected chi connectivity index (χ1v) is 4.90. The number of rotatable bonds is 5. The molecule has 0 atom stereocenters. The Morgan fingerprint density at radius 3 is 2.21 bits per heavy atom. The topological polar surface area (TPSA) is 75.3 Å². The molecule has 0 rings (SSSR count). The molecular formula is C10H22N2O2. The Hall–Kier alpha value is -0.610. The largest absolute Gasteiger partial charge is 0.390 e. The van der Waals surface area contributed by atoms with Gasteiger partial charge in [-0.3, -0.25) is 4.79 Å². The molecule has 0 saturated carbocycles. The maximum atomic E-state index is 11.5. The Labute approximate surface area is 85.9 Å². The molecule has 84 valence electrons. The van der Waals surface area contributed by atoms with Crippen molar-refractivity contribution >= 4 is 5.91 Å². The molecule has 1 amide bonds. The van der Waals surface area contributed by atoms with Crippen LogP contribution in [0.4, 0.5) is 0 Å². The van der Waals surface area contributed by atoms with Crippen molar-refractivity contribution in [2.75, 3.05) is 13.1 Å². The van der Waals surface area contributed by atoms with Crippen LogP contribution in [-0.4, -0.2) is 29.7 Å². The third kappa shape index (κ3) is 5.19. The highest BCUT2D eigenvalue weighted by Crippen LogP contribution is 2.12. The lowest BCUT2D eigenvalue weighted by Gasteiger charge is -2.23. The summed E-state index contributed by atoms with van der Waals surface area (Å²) in [6.07, 6.45) is 0.541. The van der Waals surface area contributed by atoms with E-state index in [9.17, 15) is 9.90 Å². The molecule has 4 heteroatoms. The second-order valence-electron chi connectivity index (χ2n) is 4.91. The van der Waals surface area contributed by atoms with Crippen molar-refractivity contribution in [3.8, 4) is 0 Å². The second kappa shape index (κ2) is 4.75. The molecule has 0 aliphatic carbocycles. The van der Waals surface area contributed by atoms with E-state index in [0.717, 1.165) is 0 Å². The minimum atomic E-state index is -0.736. The van der Waals surface area contributed by atoms with Gasteiger partial charge in [0, 0.05) is 13.1 Å². The number of aliphatic hydroxyl groups is 1. The molecule has 0 heterocycles. The maximum absolute atomic E-state index is 11.5. The fourth-order valence-electron chi connectivity index (χ4n) is 0.814. The summed E-state index contributed by atoms with van der Waals surface area (Å²) < 4.78 is 0. The minimum absolute atomic E-state index is 0.0655. The number of nitrogens with one attached hydrogen (secondary N) is 1. The van der Waals surface area contributed by atoms with Crippen LogP contribution < -0.4 is 11.1 Å². The molecule has 0 aromatic carbocycles. The Morgan fingerprint density at radius 2 is 1.86 bits per heavy atom. The third-order valence-electron chi connectivity index (χ3n) is 2.15. The summed E-state index contributed by atoms with van der Waals surface area (Å²) in [6, 6.07) is 0. The van der Waals surface area contributed by atoms with Gasteiger partial charge >= 0.3 is 0 Å². The van der Waals surface area contributed by atoms with E-state index >= 15 is 0 Å². The number of hydrogen-bond donors (Lipinski definition) is 3. The van der Waals surface area contributed by atoms with E-state index in [1.165, 1.54) is 0 Å². The van der Waals surface area contributed by atoms with Crippen LogP contribution in [0.25, 0.3) is 0 Å². The van der Waals surface area contributed by atoms with Crippen molar-refractivity contribution < 1.29 is 9.90 Å². The fourth-order valence-corrected chi connectivity index (χ4v) is 0.814. The smallest absolute Gasteiger partial charge is 0.226 e. The van der Waals surface area contributed by atoms with Gasteiger partial charge in [-0.05, 0) is 34.1 Å². The van der Waals surface area contributed by atoms with Crippen molar-refractivity contribution in [3.05, 3.63) is 0 Å². The maximum Gasteiger partial charge on any atom is 0.226 e. The van der Waals surface area contributed by atoms with Crippen LogP contribution in [0.1, 0.15) is 34.1 Å². The summed E-state index contributed by atoms with van der Waals surface area (Å²) in [5, 5.41) is 12.2. The molecule has 0 aliphatic rings. The summed E-state index contributed by atoms with van der Waals surface area (Å²) in [6.45, 7) is 7.83. The van der Waals surface area contributed by atoms with Crippen LogP contribution in [0.2, 0.25) is 0 Å². The van der Waals surface area contributed by atoms with E-state index in [2.05, 4.69) is 5.32 Å². The molecule has 4 nitrogen and oxygen atoms in total. The normalized spacial score (nSPS) is 12.7. The summed E-state index contributed by atoms with van der Waals surface area (Å²) in [5.74, 6) is -0.0655. The van der Waals surface area contributed by atoms with Crippen LogP contribution in [0, 0.1) is 5.41 Å². The quantitative estimate of drug-likeness (QED) is 0.598. The Kier molecular flexibility index (Phi) is 4.55. The minimum Gasteiger partial charge on any atom is -0.390 e. The lowest BCUT2D eigenvalue weighted by molar-refractivity contribution is -0.129. The average molecular weight is 202 g/mol. The Balaban J connectivity index is 3.87. The molecule has 0 aromatic rings. The SMILES string of the molecule is CC(C)(O)CCNC(=O)C(C)(C)CN. The predicted octanol–water partition coefficient (Wildman–Crippen LogP) is 0.249. The molecule has 4 N–H and O–H groups in total. The third-order valence-corrected chi connectivity index (χ3v) is 2.15. The van der Waals surface area contributed by atoms with E-state index < -0.39 is 11.0 Å². The van der Waals surface area contributed by atoms with Gasteiger partial charge in [-0.2, -0.15) is 0 Å². The standard InChI is InChI=1S/C10H22N2O2/c1-9(2,7-11)8(13)12-6-5-10(3,4)14/h14H,5-7,11H2,1-4H3,(H,12,13). The van der Waals surface area contributed by atoms with Crippen molar-refractivity contribution in [2.45, 2.75) is 39.7 Å². The van der Waals surface area contributed by atoms with Gasteiger partial charge in [0.05, 0.1) is 11.0 Å². The highest BCUT2D eigenvalue weighted by molar-refractivity contribution is 5.81. The molecular weight excluding hydrogens is 180 g/mol. The van der Waals surface area contributed by atoms with Crippen LogP contribution in [0.5, 0.6) is 0 Å². The predicted molar refractivity (Wildman–Crippen MR) is 56.8 cm³/mol. The van der Waals surface area contributed by atoms with E-state index in [-0.39, 0.29) is 5.91 Å². The monoisotopic (exact) mass is 202 g/mol. The first kappa shape index (κ1) is 13.4. The summed E-state index contributed by atoms with van der Waals surface area (Å²) in [5.41, 5.74) is 4.19. The highest BCUT2D eigenvalue weighted by Gasteiger charge is 2.25. The molecule has 0 unspecified atom stereocenters. The molecule has 0 aliphatic heterocycles. The Bertz CT molecular complexity index is 195. The molecule has 0 spiro atoms. The van der Waals surface area contributed by atoms with Gasteiger partial charge in [-0.25, -0.2) is 0 Å². The zero-order valence-corrected chi connectivity index (χ0v) is 9.55. The van der Waals surface area contributed by atoms with Crippen LogP contribution in [0.3, 0.4) is 0 Å². The lowest BCUT2D eigenvalue weighted by atomic mass is 9.92. The molecule has 0 aromatic heterocycles. The van der Waals surface area contributed by atoms with E-state index in [4.69, 9.17) is 5.73 Å². The number of carbonyl (C=O) groups excluding carboxylic acids is 1. The lowest BCUT2D eigenvalue weighted by Crippen LogP contribution is -2.43. The Morgan fingerprint density at radius 1 is 1.36 bits per heavy atom. The number of nitrogens with two attached hydrogens (primary N) is 1. The summed E-state index contributed by atoms with van der Waals surface area (Å²) in [4.78, 5) is 11.5. The zero-order valence-electron chi connectivity index (χ0n) is 9.55. The first-order valence-electron chi connectivity index (χ1n) is 4.90. The van der Waals surface area contributed by atoms with E-state index in [0.29, 0.717) is 19.5 Å². The van der Waals surface area contributed by atoms with Crippen molar-refractivity contribution in [2.24, 2.45) is 11.1 Å². The fraction of sp³-hybridized carbons (Fsp3) is 0.900. The molecule has 0 saturated heterocycles. The highest BCUT2D eigenvalue weighted by atomic mass is 16.3. The van der Waals surface area contributed by atoms with Gasteiger partial charge in [0.1, 0.15) is 0 Å². The van der Waals surface area contributed by atoms with Gasteiger partial charge in [-0.15, -0.1) is 0 Å². The van der Waals surface area contributed by atoms with Crippen LogP contribution >= 0.6 is 0 Å². The van der Waals surface area contributed by atoms with E-state index in [1.54, 1.807) is 27.7 Å². The number of carbonyl (C=O) groups is 1. The molecule has 0 radical (unpaired) electrons. The summed E-state index contributed by atoms with van der Waals surface area (Å²) in [7, 11) is 0.